The highest BCUT2D eigenvalue weighted by Gasteiger charge is 1.88. The highest BCUT2D eigenvalue weighted by Crippen LogP contribution is 1.94. The SMILES string of the molecule is C#CCCc1ccncn1. The number of aryl methyl sites for hydroxylation is 1. The van der Waals surface area contributed by atoms with Gasteiger partial charge in [-0.3, -0.25) is 0 Å². The van der Waals surface area contributed by atoms with Crippen LogP contribution in [0.15, 0.2) is 18.6 Å². The highest BCUT2D eigenvalue weighted by atomic mass is 14.8. The third-order valence-electron chi connectivity index (χ3n) is 1.17. The smallest absolute Gasteiger partial charge is 0.115 e. The Hall–Kier alpha value is -1.36. The largest absolute Gasteiger partial charge is 0.245 e. The maximum Gasteiger partial charge on any atom is 0.115 e. The molecule has 0 aromatic carbocycles. The number of nitrogens with zero attached hydrogens (tertiary/aromatic N) is 2. The molecule has 1 heterocycles. The average Bonchev–Trinajstić information content (AvgIpc) is 2.03. The second-order valence-electron chi connectivity index (χ2n) is 1.90. The zero-order chi connectivity index (χ0) is 7.23. The predicted molar refractivity (Wildman–Crippen MR) is 39.2 cm³/mol. The van der Waals surface area contributed by atoms with Crippen molar-refractivity contribution in [1.82, 2.24) is 9.97 Å². The number of aromatic nitrogens is 2. The van der Waals surface area contributed by atoms with Crippen LogP contribution in [0.2, 0.25) is 0 Å². The van der Waals surface area contributed by atoms with Crippen LogP contribution in [0.1, 0.15) is 12.1 Å². The molecule has 0 saturated carbocycles. The molecule has 0 amide bonds. The second kappa shape index (κ2) is 3.62. The molecule has 1 aromatic rings. The van der Waals surface area contributed by atoms with E-state index < -0.39 is 0 Å². The van der Waals surface area contributed by atoms with E-state index in [1.807, 2.05) is 6.07 Å². The molecule has 10 heavy (non-hydrogen) atoms. The quantitative estimate of drug-likeness (QED) is 0.562. The Labute approximate surface area is 60.3 Å². The maximum absolute atomic E-state index is 5.08. The van der Waals surface area contributed by atoms with E-state index >= 15 is 0 Å². The number of hydrogen-bond donors (Lipinski definition) is 0. The standard InChI is InChI=1S/C8H8N2/c1-2-3-4-8-5-6-9-7-10-8/h1,5-7H,3-4H2. The van der Waals surface area contributed by atoms with Crippen LogP contribution in [0, 0.1) is 12.3 Å². The van der Waals surface area contributed by atoms with Crippen molar-refractivity contribution in [2.24, 2.45) is 0 Å². The third-order valence-corrected chi connectivity index (χ3v) is 1.17. The van der Waals surface area contributed by atoms with Gasteiger partial charge in [-0.2, -0.15) is 0 Å². The first-order chi connectivity index (χ1) is 4.93. The van der Waals surface area contributed by atoms with Gasteiger partial charge in [-0.1, -0.05) is 0 Å². The van der Waals surface area contributed by atoms with Crippen LogP contribution in [-0.2, 0) is 6.42 Å². The van der Waals surface area contributed by atoms with Crippen LogP contribution in [0.5, 0.6) is 0 Å². The van der Waals surface area contributed by atoms with E-state index in [0.29, 0.717) is 0 Å². The molecule has 0 N–H and O–H groups in total. The molecule has 0 spiro atoms. The van der Waals surface area contributed by atoms with Crippen molar-refractivity contribution in [2.75, 3.05) is 0 Å². The first kappa shape index (κ1) is 6.76. The Balaban J connectivity index is 2.52. The van der Waals surface area contributed by atoms with E-state index in [9.17, 15) is 0 Å². The molecule has 0 aliphatic rings. The molecular formula is C8H8N2. The lowest BCUT2D eigenvalue weighted by Gasteiger charge is -1.91. The van der Waals surface area contributed by atoms with Gasteiger partial charge in [-0.05, 0) is 6.07 Å². The molecule has 0 fully saturated rings. The zero-order valence-corrected chi connectivity index (χ0v) is 5.62. The van der Waals surface area contributed by atoms with E-state index in [-0.39, 0.29) is 0 Å². The number of rotatable bonds is 2. The molecule has 2 heteroatoms. The van der Waals surface area contributed by atoms with Crippen LogP contribution in [0.4, 0.5) is 0 Å². The van der Waals surface area contributed by atoms with Gasteiger partial charge >= 0.3 is 0 Å². The van der Waals surface area contributed by atoms with Crippen LogP contribution >= 0.6 is 0 Å². The van der Waals surface area contributed by atoms with Gasteiger partial charge < -0.3 is 0 Å². The summed E-state index contributed by atoms with van der Waals surface area (Å²) in [6.07, 6.45) is 9.93. The van der Waals surface area contributed by atoms with Crippen LogP contribution in [0.25, 0.3) is 0 Å². The Kier molecular flexibility index (Phi) is 2.45. The molecule has 0 aliphatic carbocycles. The minimum Gasteiger partial charge on any atom is -0.245 e. The van der Waals surface area contributed by atoms with E-state index in [1.54, 1.807) is 6.20 Å². The summed E-state index contributed by atoms with van der Waals surface area (Å²) in [5.41, 5.74) is 1.01. The molecule has 0 radical (unpaired) electrons. The molecule has 0 saturated heterocycles. The first-order valence-corrected chi connectivity index (χ1v) is 3.12. The van der Waals surface area contributed by atoms with Crippen molar-refractivity contribution in [3.63, 3.8) is 0 Å². The topological polar surface area (TPSA) is 25.8 Å². The second-order valence-corrected chi connectivity index (χ2v) is 1.90. The summed E-state index contributed by atoms with van der Waals surface area (Å²) < 4.78 is 0. The van der Waals surface area contributed by atoms with Crippen LogP contribution < -0.4 is 0 Å². The maximum atomic E-state index is 5.08. The van der Waals surface area contributed by atoms with Crippen molar-refractivity contribution in [3.05, 3.63) is 24.3 Å². The Morgan fingerprint density at radius 3 is 3.10 bits per heavy atom. The minimum atomic E-state index is 0.747. The molecule has 2 nitrogen and oxygen atoms in total. The van der Waals surface area contributed by atoms with Gasteiger partial charge in [0.25, 0.3) is 0 Å². The summed E-state index contributed by atoms with van der Waals surface area (Å²) in [6.45, 7) is 0. The molecule has 0 unspecified atom stereocenters. The van der Waals surface area contributed by atoms with Crippen LogP contribution in [0.3, 0.4) is 0 Å². The van der Waals surface area contributed by atoms with Gasteiger partial charge in [-0.25, -0.2) is 9.97 Å². The minimum absolute atomic E-state index is 0.747. The number of terminal acetylenes is 1. The Bertz CT molecular complexity index is 223. The van der Waals surface area contributed by atoms with Gasteiger partial charge in [0.2, 0.25) is 0 Å². The zero-order valence-electron chi connectivity index (χ0n) is 5.62. The monoisotopic (exact) mass is 132 g/mol. The van der Waals surface area contributed by atoms with Gasteiger partial charge in [0.1, 0.15) is 6.33 Å². The average molecular weight is 132 g/mol. The highest BCUT2D eigenvalue weighted by molar-refractivity contribution is 5.00. The van der Waals surface area contributed by atoms with E-state index in [0.717, 1.165) is 18.5 Å². The summed E-state index contributed by atoms with van der Waals surface area (Å²) in [5.74, 6) is 2.56. The summed E-state index contributed by atoms with van der Waals surface area (Å²) in [5, 5.41) is 0. The summed E-state index contributed by atoms with van der Waals surface area (Å²) in [7, 11) is 0. The fourth-order valence-corrected chi connectivity index (χ4v) is 0.666. The summed E-state index contributed by atoms with van der Waals surface area (Å²) in [4.78, 5) is 7.80. The fourth-order valence-electron chi connectivity index (χ4n) is 0.666. The predicted octanol–water partition coefficient (Wildman–Crippen LogP) is 1.04. The molecule has 50 valence electrons. The van der Waals surface area contributed by atoms with Crippen molar-refractivity contribution < 1.29 is 0 Å². The lowest BCUT2D eigenvalue weighted by atomic mass is 10.2. The van der Waals surface area contributed by atoms with Crippen molar-refractivity contribution >= 4 is 0 Å². The molecule has 0 aliphatic heterocycles. The molecule has 0 bridgehead atoms. The fraction of sp³-hybridized carbons (Fsp3) is 0.250. The summed E-state index contributed by atoms with van der Waals surface area (Å²) in [6, 6.07) is 1.87. The van der Waals surface area contributed by atoms with Gasteiger partial charge in [0, 0.05) is 24.7 Å². The Morgan fingerprint density at radius 2 is 2.50 bits per heavy atom. The van der Waals surface area contributed by atoms with Crippen LogP contribution in [-0.4, -0.2) is 9.97 Å². The molecule has 1 rings (SSSR count). The molecular weight excluding hydrogens is 124 g/mol. The lowest BCUT2D eigenvalue weighted by Crippen LogP contribution is -1.87. The van der Waals surface area contributed by atoms with Crippen molar-refractivity contribution in [2.45, 2.75) is 12.8 Å². The van der Waals surface area contributed by atoms with E-state index in [2.05, 4.69) is 15.9 Å². The number of hydrogen-bond acceptors (Lipinski definition) is 2. The van der Waals surface area contributed by atoms with E-state index in [4.69, 9.17) is 6.42 Å². The first-order valence-electron chi connectivity index (χ1n) is 3.12. The van der Waals surface area contributed by atoms with Crippen molar-refractivity contribution in [1.29, 1.82) is 0 Å². The van der Waals surface area contributed by atoms with Gasteiger partial charge in [-0.15, -0.1) is 12.3 Å². The van der Waals surface area contributed by atoms with Crippen molar-refractivity contribution in [3.8, 4) is 12.3 Å². The third kappa shape index (κ3) is 1.87. The van der Waals surface area contributed by atoms with Gasteiger partial charge in [0.05, 0.1) is 0 Å². The Morgan fingerprint density at radius 1 is 1.60 bits per heavy atom. The van der Waals surface area contributed by atoms with E-state index in [1.165, 1.54) is 6.33 Å². The normalized spacial score (nSPS) is 8.70. The lowest BCUT2D eigenvalue weighted by molar-refractivity contribution is 0.942. The molecule has 1 aromatic heterocycles. The van der Waals surface area contributed by atoms with Gasteiger partial charge in [0.15, 0.2) is 0 Å². The summed E-state index contributed by atoms with van der Waals surface area (Å²) >= 11 is 0. The molecule has 0 atom stereocenters.